The minimum Gasteiger partial charge on any atom is -0.383 e. The molecular weight excluding hydrogens is 250 g/mol. The van der Waals surface area contributed by atoms with Gasteiger partial charge in [-0.25, -0.2) is 8.42 Å². The van der Waals surface area contributed by atoms with Gasteiger partial charge < -0.3 is 10.1 Å². The van der Waals surface area contributed by atoms with Crippen LogP contribution in [-0.2, 0) is 14.6 Å². The SMILES string of the molecule is C=CC(C)(CCS(=O)(=O)C(C)C)CNCCOC. The summed E-state index contributed by atoms with van der Waals surface area (Å²) in [7, 11) is -1.32. The normalized spacial score (nSPS) is 15.6. The summed E-state index contributed by atoms with van der Waals surface area (Å²) in [6.45, 7) is 11.4. The number of nitrogens with one attached hydrogen (secondary N) is 1. The van der Waals surface area contributed by atoms with Gasteiger partial charge in [-0.3, -0.25) is 0 Å². The zero-order chi connectivity index (χ0) is 14.2. The van der Waals surface area contributed by atoms with Gasteiger partial charge in [-0.05, 0) is 25.7 Å². The van der Waals surface area contributed by atoms with Gasteiger partial charge in [0.15, 0.2) is 9.84 Å². The number of hydrogen-bond acceptors (Lipinski definition) is 4. The maximum atomic E-state index is 11.8. The van der Waals surface area contributed by atoms with Crippen molar-refractivity contribution < 1.29 is 13.2 Å². The van der Waals surface area contributed by atoms with Gasteiger partial charge in [-0.15, -0.1) is 6.58 Å². The molecule has 5 heteroatoms. The molecule has 0 saturated heterocycles. The molecule has 0 aromatic carbocycles. The van der Waals surface area contributed by atoms with Crippen LogP contribution in [0.2, 0.25) is 0 Å². The fraction of sp³-hybridized carbons (Fsp3) is 0.846. The van der Waals surface area contributed by atoms with E-state index in [1.165, 1.54) is 0 Å². The molecule has 4 nitrogen and oxygen atoms in total. The fourth-order valence-corrected chi connectivity index (χ4v) is 2.64. The van der Waals surface area contributed by atoms with E-state index >= 15 is 0 Å². The van der Waals surface area contributed by atoms with Crippen LogP contribution in [0.1, 0.15) is 27.2 Å². The first-order valence-electron chi connectivity index (χ1n) is 6.32. The largest absolute Gasteiger partial charge is 0.383 e. The van der Waals surface area contributed by atoms with Crippen molar-refractivity contribution >= 4 is 9.84 Å². The molecule has 0 radical (unpaired) electrons. The van der Waals surface area contributed by atoms with Crippen molar-refractivity contribution in [2.45, 2.75) is 32.4 Å². The van der Waals surface area contributed by atoms with E-state index in [0.717, 1.165) is 6.54 Å². The minimum atomic E-state index is -2.98. The average molecular weight is 277 g/mol. The summed E-state index contributed by atoms with van der Waals surface area (Å²) in [5, 5.41) is 2.94. The highest BCUT2D eigenvalue weighted by Crippen LogP contribution is 2.23. The van der Waals surface area contributed by atoms with Crippen LogP contribution in [0.4, 0.5) is 0 Å². The number of rotatable bonds is 10. The molecule has 0 bridgehead atoms. The van der Waals surface area contributed by atoms with Crippen LogP contribution in [0.5, 0.6) is 0 Å². The smallest absolute Gasteiger partial charge is 0.152 e. The molecule has 18 heavy (non-hydrogen) atoms. The quantitative estimate of drug-likeness (QED) is 0.487. The molecule has 0 fully saturated rings. The lowest BCUT2D eigenvalue weighted by atomic mass is 9.88. The molecule has 0 heterocycles. The van der Waals surface area contributed by atoms with Crippen molar-refractivity contribution in [1.82, 2.24) is 5.32 Å². The molecular formula is C13H27NO3S. The lowest BCUT2D eigenvalue weighted by Gasteiger charge is -2.26. The highest BCUT2D eigenvalue weighted by atomic mass is 32.2. The zero-order valence-electron chi connectivity index (χ0n) is 12.0. The van der Waals surface area contributed by atoms with Crippen LogP contribution in [0.15, 0.2) is 12.7 Å². The molecule has 0 saturated carbocycles. The second-order valence-electron chi connectivity index (χ2n) is 5.19. The van der Waals surface area contributed by atoms with E-state index in [2.05, 4.69) is 11.9 Å². The Balaban J connectivity index is 4.27. The molecule has 1 N–H and O–H groups in total. The Labute approximate surface area is 112 Å². The second kappa shape index (κ2) is 7.92. The predicted molar refractivity (Wildman–Crippen MR) is 76.6 cm³/mol. The van der Waals surface area contributed by atoms with E-state index in [1.54, 1.807) is 21.0 Å². The maximum Gasteiger partial charge on any atom is 0.152 e. The molecule has 0 aromatic rings. The van der Waals surface area contributed by atoms with Crippen LogP contribution in [0.25, 0.3) is 0 Å². The zero-order valence-corrected chi connectivity index (χ0v) is 12.8. The van der Waals surface area contributed by atoms with Gasteiger partial charge in [0, 0.05) is 20.2 Å². The van der Waals surface area contributed by atoms with Gasteiger partial charge in [0.2, 0.25) is 0 Å². The standard InChI is InChI=1S/C13H27NO3S/c1-6-13(4,11-14-8-9-17-5)7-10-18(15,16)12(2)3/h6,12,14H,1,7-11H2,2-5H3. The summed E-state index contributed by atoms with van der Waals surface area (Å²) in [4.78, 5) is 0. The fourth-order valence-electron chi connectivity index (χ4n) is 1.42. The Kier molecular flexibility index (Phi) is 7.75. The van der Waals surface area contributed by atoms with Crippen molar-refractivity contribution in [2.24, 2.45) is 5.41 Å². The third kappa shape index (κ3) is 6.52. The molecule has 108 valence electrons. The Bertz CT molecular complexity index is 338. The maximum absolute atomic E-state index is 11.8. The van der Waals surface area contributed by atoms with Gasteiger partial charge in [0.1, 0.15) is 0 Å². The molecule has 0 aliphatic heterocycles. The summed E-state index contributed by atoms with van der Waals surface area (Å²) >= 11 is 0. The molecule has 0 rings (SSSR count). The van der Waals surface area contributed by atoms with Crippen molar-refractivity contribution in [3.8, 4) is 0 Å². The van der Waals surface area contributed by atoms with Crippen molar-refractivity contribution in [3.63, 3.8) is 0 Å². The van der Waals surface area contributed by atoms with Gasteiger partial charge in [-0.1, -0.05) is 13.0 Å². The minimum absolute atomic E-state index is 0.199. The third-order valence-corrected chi connectivity index (χ3v) is 5.39. The summed E-state index contributed by atoms with van der Waals surface area (Å²) < 4.78 is 28.5. The average Bonchev–Trinajstić information content (AvgIpc) is 2.32. The number of sulfone groups is 1. The van der Waals surface area contributed by atoms with E-state index < -0.39 is 9.84 Å². The molecule has 1 atom stereocenters. The van der Waals surface area contributed by atoms with Crippen LogP contribution >= 0.6 is 0 Å². The van der Waals surface area contributed by atoms with Gasteiger partial charge in [-0.2, -0.15) is 0 Å². The van der Waals surface area contributed by atoms with Gasteiger partial charge >= 0.3 is 0 Å². The first-order valence-corrected chi connectivity index (χ1v) is 8.04. The summed E-state index contributed by atoms with van der Waals surface area (Å²) in [6.07, 6.45) is 2.43. The first-order chi connectivity index (χ1) is 8.27. The molecule has 1 unspecified atom stereocenters. The summed E-state index contributed by atoms with van der Waals surface area (Å²) in [5.74, 6) is 0.207. The summed E-state index contributed by atoms with van der Waals surface area (Å²) in [5.41, 5.74) is -0.199. The lowest BCUT2D eigenvalue weighted by molar-refractivity contribution is 0.195. The van der Waals surface area contributed by atoms with Crippen LogP contribution < -0.4 is 5.32 Å². The third-order valence-electron chi connectivity index (χ3n) is 3.18. The molecule has 0 spiro atoms. The van der Waals surface area contributed by atoms with Crippen molar-refractivity contribution in [2.75, 3.05) is 32.6 Å². The van der Waals surface area contributed by atoms with E-state index in [0.29, 0.717) is 19.6 Å². The van der Waals surface area contributed by atoms with Gasteiger partial charge in [0.05, 0.1) is 17.6 Å². The Hall–Kier alpha value is -0.390. The first kappa shape index (κ1) is 17.6. The topological polar surface area (TPSA) is 55.4 Å². The Morgan fingerprint density at radius 2 is 2.06 bits per heavy atom. The van der Waals surface area contributed by atoms with E-state index in [1.807, 2.05) is 13.0 Å². The van der Waals surface area contributed by atoms with E-state index in [4.69, 9.17) is 4.74 Å². The molecule has 0 aromatic heterocycles. The Morgan fingerprint density at radius 1 is 1.44 bits per heavy atom. The molecule has 0 amide bonds. The highest BCUT2D eigenvalue weighted by Gasteiger charge is 2.24. The van der Waals surface area contributed by atoms with Crippen molar-refractivity contribution in [3.05, 3.63) is 12.7 Å². The van der Waals surface area contributed by atoms with Gasteiger partial charge in [0.25, 0.3) is 0 Å². The monoisotopic (exact) mass is 277 g/mol. The number of hydrogen-bond donors (Lipinski definition) is 1. The lowest BCUT2D eigenvalue weighted by Crippen LogP contribution is -2.34. The van der Waals surface area contributed by atoms with Crippen molar-refractivity contribution in [1.29, 1.82) is 0 Å². The highest BCUT2D eigenvalue weighted by molar-refractivity contribution is 7.91. The van der Waals surface area contributed by atoms with E-state index in [-0.39, 0.29) is 16.4 Å². The molecule has 0 aliphatic carbocycles. The van der Waals surface area contributed by atoms with E-state index in [9.17, 15) is 8.42 Å². The second-order valence-corrected chi connectivity index (χ2v) is 7.87. The van der Waals surface area contributed by atoms with Crippen LogP contribution in [0, 0.1) is 5.41 Å². The Morgan fingerprint density at radius 3 is 2.50 bits per heavy atom. The van der Waals surface area contributed by atoms with Crippen LogP contribution in [0.3, 0.4) is 0 Å². The number of ether oxygens (including phenoxy) is 1. The predicted octanol–water partition coefficient (Wildman–Crippen LogP) is 1.63. The number of methoxy groups -OCH3 is 1. The summed E-state index contributed by atoms with van der Waals surface area (Å²) in [6, 6.07) is 0. The molecule has 0 aliphatic rings. The van der Waals surface area contributed by atoms with Crippen LogP contribution in [-0.4, -0.2) is 46.2 Å².